The molecule has 1 saturated heterocycles. The molecular weight excluding hydrogens is 540 g/mol. The van der Waals surface area contributed by atoms with Crippen LogP contribution in [0, 0.1) is 6.92 Å². The van der Waals surface area contributed by atoms with Gasteiger partial charge in [-0.15, -0.1) is 0 Å². The topological polar surface area (TPSA) is 94.1 Å². The lowest BCUT2D eigenvalue weighted by Crippen LogP contribution is -2.19. The average Bonchev–Trinajstić information content (AvgIpc) is 3.14. The van der Waals surface area contributed by atoms with Gasteiger partial charge in [0.05, 0.1) is 17.7 Å². The number of carbonyl (C=O) groups is 1. The molecule has 1 aliphatic heterocycles. The molecule has 3 aromatic carbocycles. The maximum atomic E-state index is 12.6. The molecule has 0 atom stereocenters. The molecule has 0 spiro atoms. The van der Waals surface area contributed by atoms with Gasteiger partial charge in [-0.1, -0.05) is 39.7 Å². The molecule has 174 valence electrons. The number of carbonyl (C=O) groups excluding carboxylic acids is 1. The highest BCUT2D eigenvalue weighted by Gasteiger charge is 2.24. The van der Waals surface area contributed by atoms with E-state index in [1.54, 1.807) is 30.3 Å². The fourth-order valence-electron chi connectivity index (χ4n) is 2.98. The van der Waals surface area contributed by atoms with Gasteiger partial charge in [0, 0.05) is 4.47 Å². The van der Waals surface area contributed by atoms with E-state index in [9.17, 15) is 13.2 Å². The zero-order chi connectivity index (χ0) is 24.3. The summed E-state index contributed by atoms with van der Waals surface area (Å²) >= 11 is 4.59. The van der Waals surface area contributed by atoms with Gasteiger partial charge in [0.25, 0.3) is 5.91 Å². The van der Waals surface area contributed by atoms with Crippen molar-refractivity contribution in [2.75, 3.05) is 7.11 Å². The maximum Gasteiger partial charge on any atom is 0.339 e. The lowest BCUT2D eigenvalue weighted by Gasteiger charge is -2.11. The first-order valence-electron chi connectivity index (χ1n) is 9.98. The van der Waals surface area contributed by atoms with Crippen molar-refractivity contribution in [2.45, 2.75) is 11.8 Å². The summed E-state index contributed by atoms with van der Waals surface area (Å²) in [5, 5.41) is 3.21. The molecule has 0 unspecified atom stereocenters. The second-order valence-corrected chi connectivity index (χ2v) is 10.7. The van der Waals surface area contributed by atoms with Gasteiger partial charge in [-0.25, -0.2) is 4.99 Å². The minimum atomic E-state index is -4.03. The molecule has 1 N–H and O–H groups in total. The van der Waals surface area contributed by atoms with Crippen molar-refractivity contribution in [2.24, 2.45) is 4.99 Å². The van der Waals surface area contributed by atoms with Crippen LogP contribution in [0.25, 0.3) is 6.08 Å². The van der Waals surface area contributed by atoms with Crippen molar-refractivity contribution in [3.63, 3.8) is 0 Å². The Hall–Kier alpha value is -3.08. The van der Waals surface area contributed by atoms with Crippen molar-refractivity contribution < 1.29 is 22.1 Å². The van der Waals surface area contributed by atoms with Crippen LogP contribution in [0.1, 0.15) is 11.1 Å². The van der Waals surface area contributed by atoms with E-state index in [-0.39, 0.29) is 22.3 Å². The number of amidine groups is 1. The van der Waals surface area contributed by atoms with Crippen molar-refractivity contribution >= 4 is 60.6 Å². The highest BCUT2D eigenvalue weighted by atomic mass is 79.9. The van der Waals surface area contributed by atoms with E-state index in [0.717, 1.165) is 10.0 Å². The van der Waals surface area contributed by atoms with Gasteiger partial charge < -0.3 is 14.2 Å². The van der Waals surface area contributed by atoms with E-state index < -0.39 is 10.1 Å². The number of amides is 1. The maximum absolute atomic E-state index is 12.6. The summed E-state index contributed by atoms with van der Waals surface area (Å²) in [6.45, 7) is 1.87. The number of nitrogens with one attached hydrogen (secondary N) is 1. The molecule has 0 aliphatic carbocycles. The number of ether oxygens (including phenoxy) is 1. The highest BCUT2D eigenvalue weighted by Crippen LogP contribution is 2.34. The molecule has 7 nitrogen and oxygen atoms in total. The van der Waals surface area contributed by atoms with Crippen molar-refractivity contribution in [1.82, 2.24) is 5.32 Å². The molecule has 10 heteroatoms. The molecule has 1 aliphatic rings. The summed E-state index contributed by atoms with van der Waals surface area (Å²) in [7, 11) is -2.61. The molecule has 1 fully saturated rings. The summed E-state index contributed by atoms with van der Waals surface area (Å²) in [5.41, 5.74) is 2.29. The van der Waals surface area contributed by atoms with E-state index in [4.69, 9.17) is 8.92 Å². The van der Waals surface area contributed by atoms with E-state index >= 15 is 0 Å². The van der Waals surface area contributed by atoms with Gasteiger partial charge in [-0.05, 0) is 78.9 Å². The largest absolute Gasteiger partial charge is 0.493 e. The molecule has 0 radical (unpaired) electrons. The van der Waals surface area contributed by atoms with Crippen molar-refractivity contribution in [3.8, 4) is 11.5 Å². The zero-order valence-corrected chi connectivity index (χ0v) is 21.3. The zero-order valence-electron chi connectivity index (χ0n) is 18.1. The molecule has 0 saturated carbocycles. The van der Waals surface area contributed by atoms with Crippen LogP contribution in [0.5, 0.6) is 11.5 Å². The first-order chi connectivity index (χ1) is 16.2. The number of methoxy groups -OCH3 is 1. The number of thioether (sulfide) groups is 1. The number of hydrogen-bond donors (Lipinski definition) is 1. The first kappa shape index (κ1) is 24.1. The fourth-order valence-corrected chi connectivity index (χ4v) is 5.02. The molecule has 34 heavy (non-hydrogen) atoms. The predicted octanol–water partition coefficient (Wildman–Crippen LogP) is 5.43. The smallest absolute Gasteiger partial charge is 0.339 e. The standard InChI is InChI=1S/C24H19BrN2O5S2/c1-15-3-10-19(11-4-15)34(29,30)32-20-12-5-16(13-21(20)31-2)14-22-23(28)27-24(33-22)26-18-8-6-17(25)7-9-18/h3-14H,1-2H3,(H,26,27,28)/b22-14+. The van der Waals surface area contributed by atoms with Gasteiger partial charge >= 0.3 is 10.1 Å². The van der Waals surface area contributed by atoms with Crippen LogP contribution in [0.3, 0.4) is 0 Å². The normalized spacial score (nSPS) is 16.0. The Morgan fingerprint density at radius 2 is 1.71 bits per heavy atom. The molecule has 4 rings (SSSR count). The Bertz CT molecular complexity index is 1400. The van der Waals surface area contributed by atoms with E-state index in [2.05, 4.69) is 26.2 Å². The van der Waals surface area contributed by atoms with E-state index in [0.29, 0.717) is 21.3 Å². The Balaban J connectivity index is 1.55. The monoisotopic (exact) mass is 558 g/mol. The van der Waals surface area contributed by atoms with Gasteiger partial charge in [0.2, 0.25) is 0 Å². The first-order valence-corrected chi connectivity index (χ1v) is 13.0. The summed E-state index contributed by atoms with van der Waals surface area (Å²) in [5.74, 6) is -0.00876. The number of halogens is 1. The van der Waals surface area contributed by atoms with E-state index in [1.165, 1.54) is 37.1 Å². The average molecular weight is 559 g/mol. The quantitative estimate of drug-likeness (QED) is 0.320. The Labute approximate surface area is 210 Å². The van der Waals surface area contributed by atoms with Crippen LogP contribution in [0.2, 0.25) is 0 Å². The molecular formula is C24H19BrN2O5S2. The fraction of sp³-hybridized carbons (Fsp3) is 0.0833. The number of aliphatic imine (C=N–C) groups is 1. The number of rotatable bonds is 6. The molecule has 1 heterocycles. The lowest BCUT2D eigenvalue weighted by atomic mass is 10.2. The summed E-state index contributed by atoms with van der Waals surface area (Å²) in [6.07, 6.45) is 1.67. The predicted molar refractivity (Wildman–Crippen MR) is 137 cm³/mol. The van der Waals surface area contributed by atoms with Crippen LogP contribution < -0.4 is 14.2 Å². The van der Waals surface area contributed by atoms with Crippen molar-refractivity contribution in [1.29, 1.82) is 0 Å². The van der Waals surface area contributed by atoms with Crippen LogP contribution in [0.15, 0.2) is 86.0 Å². The second-order valence-electron chi connectivity index (χ2n) is 7.22. The van der Waals surface area contributed by atoms with Crippen molar-refractivity contribution in [3.05, 3.63) is 87.2 Å². The third-order valence-electron chi connectivity index (χ3n) is 4.70. The summed E-state index contributed by atoms with van der Waals surface area (Å²) in [4.78, 5) is 17.3. The summed E-state index contributed by atoms with van der Waals surface area (Å²) < 4.78 is 36.8. The summed E-state index contributed by atoms with van der Waals surface area (Å²) in [6, 6.07) is 18.5. The number of nitrogens with zero attached hydrogens (tertiary/aromatic N) is 1. The van der Waals surface area contributed by atoms with Crippen LogP contribution in [0.4, 0.5) is 5.69 Å². The Kier molecular flexibility index (Phi) is 7.11. The second kappa shape index (κ2) is 10.0. The lowest BCUT2D eigenvalue weighted by molar-refractivity contribution is -0.115. The minimum absolute atomic E-state index is 0.0444. The van der Waals surface area contributed by atoms with Gasteiger partial charge in [0.15, 0.2) is 16.7 Å². The minimum Gasteiger partial charge on any atom is -0.493 e. The van der Waals surface area contributed by atoms with Gasteiger partial charge in [-0.3, -0.25) is 4.79 Å². The van der Waals surface area contributed by atoms with E-state index in [1.807, 2.05) is 31.2 Å². The van der Waals surface area contributed by atoms with Gasteiger partial charge in [0.1, 0.15) is 4.90 Å². The Morgan fingerprint density at radius 3 is 2.38 bits per heavy atom. The SMILES string of the molecule is COc1cc(/C=C2/SC(=Nc3ccc(Br)cc3)NC2=O)ccc1OS(=O)(=O)c1ccc(C)cc1. The number of benzene rings is 3. The Morgan fingerprint density at radius 1 is 1.00 bits per heavy atom. The molecule has 3 aromatic rings. The molecule has 0 bridgehead atoms. The van der Waals surface area contributed by atoms with Crippen LogP contribution >= 0.6 is 27.7 Å². The van der Waals surface area contributed by atoms with Crippen LogP contribution in [-0.2, 0) is 14.9 Å². The van der Waals surface area contributed by atoms with Gasteiger partial charge in [-0.2, -0.15) is 8.42 Å². The third-order valence-corrected chi connectivity index (χ3v) is 7.39. The highest BCUT2D eigenvalue weighted by molar-refractivity contribution is 9.10. The molecule has 1 amide bonds. The molecule has 0 aromatic heterocycles. The number of hydrogen-bond acceptors (Lipinski definition) is 7. The third kappa shape index (κ3) is 5.69. The number of aryl methyl sites for hydroxylation is 1. The van der Waals surface area contributed by atoms with Crippen LogP contribution in [-0.4, -0.2) is 26.6 Å².